The van der Waals surface area contributed by atoms with Gasteiger partial charge in [0.1, 0.15) is 17.7 Å². The molecule has 4 amide bonds. The number of likely N-dealkylation sites (tertiary alicyclic amines) is 1. The Morgan fingerprint density at radius 3 is 2.54 bits per heavy atom. The molecule has 9 nitrogen and oxygen atoms in total. The lowest BCUT2D eigenvalue weighted by molar-refractivity contribution is -0.131. The molecule has 1 saturated carbocycles. The molecule has 1 aliphatic carbocycles. The van der Waals surface area contributed by atoms with Crippen LogP contribution in [0.15, 0.2) is 0 Å². The van der Waals surface area contributed by atoms with E-state index in [1.807, 2.05) is 0 Å². The van der Waals surface area contributed by atoms with Crippen molar-refractivity contribution in [3.8, 4) is 0 Å². The van der Waals surface area contributed by atoms with Gasteiger partial charge in [0.2, 0.25) is 17.7 Å². The minimum atomic E-state index is -0.947. The maximum atomic E-state index is 12.9. The third-order valence-corrected chi connectivity index (χ3v) is 5.74. The topological polar surface area (TPSA) is 131 Å². The van der Waals surface area contributed by atoms with Crippen molar-refractivity contribution in [2.24, 2.45) is 17.1 Å². The molecule has 0 aromatic carbocycles. The molecule has 28 heavy (non-hydrogen) atoms. The number of carbonyl (C=O) groups excluding carboxylic acids is 4. The van der Waals surface area contributed by atoms with Gasteiger partial charge in [0, 0.05) is 19.0 Å². The van der Waals surface area contributed by atoms with Crippen LogP contribution in [0.4, 0.5) is 4.79 Å². The van der Waals surface area contributed by atoms with Gasteiger partial charge < -0.3 is 21.1 Å². The molecule has 0 aromatic heterocycles. The minimum Gasteiger partial charge on any atom is -0.444 e. The molecule has 0 unspecified atom stereocenters. The highest BCUT2D eigenvalue weighted by molar-refractivity contribution is 5.92. The fraction of sp³-hybridized carbons (Fsp3) is 0.789. The normalized spacial score (nSPS) is 26.7. The van der Waals surface area contributed by atoms with E-state index in [4.69, 9.17) is 10.5 Å². The summed E-state index contributed by atoms with van der Waals surface area (Å²) >= 11 is 0. The summed E-state index contributed by atoms with van der Waals surface area (Å²) in [6.07, 6.45) is 2.73. The quantitative estimate of drug-likeness (QED) is 0.616. The summed E-state index contributed by atoms with van der Waals surface area (Å²) in [4.78, 5) is 50.7. The lowest BCUT2D eigenvalue weighted by Crippen LogP contribution is -2.53. The summed E-state index contributed by atoms with van der Waals surface area (Å²) in [7, 11) is 0. The van der Waals surface area contributed by atoms with Crippen molar-refractivity contribution < 1.29 is 23.9 Å². The summed E-state index contributed by atoms with van der Waals surface area (Å²) in [6.45, 7) is 6.36. The average Bonchev–Trinajstić information content (AvgIpc) is 3.02. The number of amides is 4. The Labute approximate surface area is 164 Å². The summed E-state index contributed by atoms with van der Waals surface area (Å²) in [5, 5.41) is 5.39. The summed E-state index contributed by atoms with van der Waals surface area (Å²) in [5.74, 6) is -1.58. The molecule has 1 spiro atoms. The molecule has 2 saturated heterocycles. The molecule has 2 heterocycles. The van der Waals surface area contributed by atoms with E-state index in [0.717, 1.165) is 12.8 Å². The van der Waals surface area contributed by atoms with Gasteiger partial charge in [0.15, 0.2) is 0 Å². The summed E-state index contributed by atoms with van der Waals surface area (Å²) < 4.78 is 5.46. The van der Waals surface area contributed by atoms with Gasteiger partial charge >= 0.3 is 6.09 Å². The van der Waals surface area contributed by atoms with Crippen LogP contribution >= 0.6 is 0 Å². The van der Waals surface area contributed by atoms with Crippen LogP contribution in [-0.4, -0.2) is 59.5 Å². The molecule has 3 rings (SSSR count). The van der Waals surface area contributed by atoms with E-state index in [2.05, 4.69) is 10.6 Å². The SMILES string of the molecule is CC(C)(C)OC(=O)N1CC2(CC2)C[C@H]1C(=O)N[C@@H](C[C@@H]1CCNC1=O)C(N)=O. The standard InChI is InChI=1S/C19H30N4O5/c1-18(2,3)28-17(27)23-10-19(5-6-19)9-13(23)16(26)22-12(14(20)24)8-11-4-7-21-15(11)25/h11-13H,4-10H2,1-3H3,(H2,20,24)(H,21,25)(H,22,26)/t11-,12-,13-/m0/s1. The fourth-order valence-electron chi connectivity index (χ4n) is 4.01. The number of carbonyl (C=O) groups is 4. The molecule has 9 heteroatoms. The average molecular weight is 394 g/mol. The zero-order valence-electron chi connectivity index (χ0n) is 16.7. The predicted octanol–water partition coefficient (Wildman–Crippen LogP) is 0.272. The first-order valence-corrected chi connectivity index (χ1v) is 9.87. The van der Waals surface area contributed by atoms with Crippen LogP contribution in [0.1, 0.15) is 52.9 Å². The maximum absolute atomic E-state index is 12.9. The van der Waals surface area contributed by atoms with Crippen LogP contribution in [0.3, 0.4) is 0 Å². The van der Waals surface area contributed by atoms with Gasteiger partial charge in [-0.15, -0.1) is 0 Å². The second kappa shape index (κ2) is 7.25. The smallest absolute Gasteiger partial charge is 0.410 e. The molecule has 3 atom stereocenters. The van der Waals surface area contributed by atoms with E-state index in [1.54, 1.807) is 20.8 Å². The van der Waals surface area contributed by atoms with Crippen molar-refractivity contribution in [1.29, 1.82) is 0 Å². The Bertz CT molecular complexity index is 682. The second-order valence-electron chi connectivity index (χ2n) is 9.30. The van der Waals surface area contributed by atoms with E-state index >= 15 is 0 Å². The molecular formula is C19H30N4O5. The number of primary amides is 1. The zero-order chi connectivity index (χ0) is 20.7. The molecule has 0 radical (unpaired) electrons. The van der Waals surface area contributed by atoms with Crippen LogP contribution in [-0.2, 0) is 19.1 Å². The zero-order valence-corrected chi connectivity index (χ0v) is 16.7. The molecule has 4 N–H and O–H groups in total. The molecule has 3 fully saturated rings. The predicted molar refractivity (Wildman–Crippen MR) is 99.9 cm³/mol. The van der Waals surface area contributed by atoms with Crippen molar-refractivity contribution in [3.05, 3.63) is 0 Å². The van der Waals surface area contributed by atoms with E-state index < -0.39 is 35.6 Å². The maximum Gasteiger partial charge on any atom is 0.410 e. The van der Waals surface area contributed by atoms with Crippen molar-refractivity contribution in [2.75, 3.05) is 13.1 Å². The third-order valence-electron chi connectivity index (χ3n) is 5.74. The highest BCUT2D eigenvalue weighted by Gasteiger charge is 2.56. The van der Waals surface area contributed by atoms with Gasteiger partial charge in [-0.05, 0) is 58.3 Å². The largest absolute Gasteiger partial charge is 0.444 e. The lowest BCUT2D eigenvalue weighted by Gasteiger charge is -2.29. The first-order valence-electron chi connectivity index (χ1n) is 9.87. The van der Waals surface area contributed by atoms with Gasteiger partial charge in [0.25, 0.3) is 0 Å². The molecule has 156 valence electrons. The third kappa shape index (κ3) is 4.56. The van der Waals surface area contributed by atoms with Gasteiger partial charge in [-0.1, -0.05) is 0 Å². The van der Waals surface area contributed by atoms with Gasteiger partial charge in [-0.2, -0.15) is 0 Å². The first kappa shape index (κ1) is 20.4. The van der Waals surface area contributed by atoms with E-state index in [9.17, 15) is 19.2 Å². The van der Waals surface area contributed by atoms with Crippen molar-refractivity contribution in [2.45, 2.75) is 70.6 Å². The van der Waals surface area contributed by atoms with Crippen molar-refractivity contribution >= 4 is 23.8 Å². The number of hydrogen-bond donors (Lipinski definition) is 3. The highest BCUT2D eigenvalue weighted by Crippen LogP contribution is 2.55. The van der Waals surface area contributed by atoms with E-state index in [1.165, 1.54) is 4.90 Å². The van der Waals surface area contributed by atoms with E-state index in [-0.39, 0.29) is 23.7 Å². The van der Waals surface area contributed by atoms with Crippen molar-refractivity contribution in [1.82, 2.24) is 15.5 Å². The Hall–Kier alpha value is -2.32. The Kier molecular flexibility index (Phi) is 5.29. The van der Waals surface area contributed by atoms with Gasteiger partial charge in [-0.3, -0.25) is 19.3 Å². The molecular weight excluding hydrogens is 364 g/mol. The lowest BCUT2D eigenvalue weighted by atomic mass is 9.97. The van der Waals surface area contributed by atoms with Crippen LogP contribution in [0.25, 0.3) is 0 Å². The number of ether oxygens (including phenoxy) is 1. The second-order valence-corrected chi connectivity index (χ2v) is 9.30. The van der Waals surface area contributed by atoms with Gasteiger partial charge in [0.05, 0.1) is 0 Å². The van der Waals surface area contributed by atoms with Crippen LogP contribution in [0.2, 0.25) is 0 Å². The van der Waals surface area contributed by atoms with Crippen LogP contribution < -0.4 is 16.4 Å². The monoisotopic (exact) mass is 394 g/mol. The Balaban J connectivity index is 1.68. The minimum absolute atomic E-state index is 0.0214. The number of nitrogens with two attached hydrogens (primary N) is 1. The molecule has 0 aromatic rings. The molecule has 2 aliphatic heterocycles. The number of rotatable bonds is 5. The summed E-state index contributed by atoms with van der Waals surface area (Å²) in [6, 6.07) is -1.64. The number of nitrogens with one attached hydrogen (secondary N) is 2. The summed E-state index contributed by atoms with van der Waals surface area (Å²) in [5.41, 5.74) is 4.77. The van der Waals surface area contributed by atoms with Crippen LogP contribution in [0.5, 0.6) is 0 Å². The Morgan fingerprint density at radius 1 is 1.36 bits per heavy atom. The number of nitrogens with zero attached hydrogens (tertiary/aromatic N) is 1. The first-order chi connectivity index (χ1) is 13.0. The Morgan fingerprint density at radius 2 is 2.04 bits per heavy atom. The number of hydrogen-bond acceptors (Lipinski definition) is 5. The highest BCUT2D eigenvalue weighted by atomic mass is 16.6. The van der Waals surface area contributed by atoms with Gasteiger partial charge in [-0.25, -0.2) is 4.79 Å². The fourth-order valence-corrected chi connectivity index (χ4v) is 4.01. The molecule has 0 bridgehead atoms. The van der Waals surface area contributed by atoms with Crippen molar-refractivity contribution in [3.63, 3.8) is 0 Å². The molecule has 3 aliphatic rings. The van der Waals surface area contributed by atoms with Crippen LogP contribution in [0, 0.1) is 11.3 Å². The van der Waals surface area contributed by atoms with E-state index in [0.29, 0.717) is 25.9 Å².